The lowest BCUT2D eigenvalue weighted by Gasteiger charge is -2.14. The molecule has 2 N–H and O–H groups in total. The highest BCUT2D eigenvalue weighted by molar-refractivity contribution is 6.31. The van der Waals surface area contributed by atoms with Gasteiger partial charge in [-0.1, -0.05) is 11.6 Å². The van der Waals surface area contributed by atoms with Gasteiger partial charge in [-0.2, -0.15) is 13.2 Å². The molecule has 0 aliphatic rings. The molecule has 0 spiro atoms. The zero-order valence-corrected chi connectivity index (χ0v) is 11.4. The summed E-state index contributed by atoms with van der Waals surface area (Å²) in [4.78, 5) is 11.6. The number of benzene rings is 1. The first kappa shape index (κ1) is 16.6. The first-order chi connectivity index (χ1) is 9.31. The third-order valence-electron chi connectivity index (χ3n) is 2.21. The molecule has 0 aliphatic carbocycles. The van der Waals surface area contributed by atoms with E-state index >= 15 is 0 Å². The van der Waals surface area contributed by atoms with Gasteiger partial charge in [0.2, 0.25) is 5.91 Å². The van der Waals surface area contributed by atoms with E-state index in [1.54, 1.807) is 7.05 Å². The van der Waals surface area contributed by atoms with Crippen molar-refractivity contribution in [2.24, 2.45) is 0 Å². The van der Waals surface area contributed by atoms with Crippen molar-refractivity contribution in [1.29, 1.82) is 0 Å². The molecule has 1 rings (SSSR count). The molecule has 1 aromatic rings. The molecule has 20 heavy (non-hydrogen) atoms. The Kier molecular flexibility index (Phi) is 6.09. The molecule has 1 amide bonds. The van der Waals surface area contributed by atoms with Gasteiger partial charge in [-0.05, 0) is 25.2 Å². The summed E-state index contributed by atoms with van der Waals surface area (Å²) in [6, 6.07) is 4.00. The molecule has 0 saturated carbocycles. The number of ether oxygens (including phenoxy) is 1. The van der Waals surface area contributed by atoms with E-state index < -0.39 is 12.8 Å². The SMILES string of the molecule is CNCCC(=O)Nc1cc(Cl)ccc1OCC(F)(F)F. The van der Waals surface area contributed by atoms with Gasteiger partial charge in [-0.15, -0.1) is 0 Å². The second kappa shape index (κ2) is 7.35. The average Bonchev–Trinajstić information content (AvgIpc) is 2.34. The number of halogens is 4. The summed E-state index contributed by atoms with van der Waals surface area (Å²) < 4.78 is 41.1. The van der Waals surface area contributed by atoms with Crippen LogP contribution in [0.15, 0.2) is 18.2 Å². The highest BCUT2D eigenvalue weighted by Crippen LogP contribution is 2.29. The Bertz CT molecular complexity index is 467. The minimum absolute atomic E-state index is 0.0791. The Morgan fingerprint density at radius 2 is 2.10 bits per heavy atom. The van der Waals surface area contributed by atoms with Gasteiger partial charge in [-0.25, -0.2) is 0 Å². The maximum Gasteiger partial charge on any atom is 0.422 e. The van der Waals surface area contributed by atoms with Crippen LogP contribution in [0.2, 0.25) is 5.02 Å². The molecule has 0 radical (unpaired) electrons. The van der Waals surface area contributed by atoms with Gasteiger partial charge in [0.1, 0.15) is 5.75 Å². The van der Waals surface area contributed by atoms with Crippen molar-refractivity contribution in [1.82, 2.24) is 5.32 Å². The fraction of sp³-hybridized carbons (Fsp3) is 0.417. The summed E-state index contributed by atoms with van der Waals surface area (Å²) in [7, 11) is 1.69. The molecule has 0 fully saturated rings. The van der Waals surface area contributed by atoms with Crippen LogP contribution < -0.4 is 15.4 Å². The van der Waals surface area contributed by atoms with E-state index in [-0.39, 0.29) is 28.8 Å². The average molecular weight is 311 g/mol. The third-order valence-corrected chi connectivity index (χ3v) is 2.44. The molecule has 0 aromatic heterocycles. The van der Waals surface area contributed by atoms with Gasteiger partial charge in [-0.3, -0.25) is 4.79 Å². The molecule has 0 bridgehead atoms. The maximum atomic E-state index is 12.1. The summed E-state index contributed by atoms with van der Waals surface area (Å²) in [5.41, 5.74) is 0.114. The molecule has 112 valence electrons. The van der Waals surface area contributed by atoms with E-state index in [0.717, 1.165) is 0 Å². The zero-order chi connectivity index (χ0) is 15.2. The minimum Gasteiger partial charge on any atom is -0.482 e. The second-order valence-corrected chi connectivity index (χ2v) is 4.38. The molecule has 1 aromatic carbocycles. The lowest BCUT2D eigenvalue weighted by Crippen LogP contribution is -2.21. The molecule has 0 atom stereocenters. The van der Waals surface area contributed by atoms with Gasteiger partial charge in [0.05, 0.1) is 5.69 Å². The number of carbonyl (C=O) groups is 1. The van der Waals surface area contributed by atoms with Crippen molar-refractivity contribution in [2.45, 2.75) is 12.6 Å². The number of alkyl halides is 3. The van der Waals surface area contributed by atoms with E-state index in [1.807, 2.05) is 0 Å². The smallest absolute Gasteiger partial charge is 0.422 e. The number of hydrogen-bond donors (Lipinski definition) is 2. The maximum absolute atomic E-state index is 12.1. The fourth-order valence-corrected chi connectivity index (χ4v) is 1.51. The fourth-order valence-electron chi connectivity index (χ4n) is 1.34. The van der Waals surface area contributed by atoms with Gasteiger partial charge in [0.25, 0.3) is 0 Å². The number of carbonyl (C=O) groups excluding carboxylic acids is 1. The number of rotatable bonds is 6. The number of nitrogens with one attached hydrogen (secondary N) is 2. The van der Waals surface area contributed by atoms with Crippen LogP contribution in [0.4, 0.5) is 18.9 Å². The third kappa shape index (κ3) is 6.12. The normalized spacial score (nSPS) is 11.2. The Balaban J connectivity index is 2.77. The van der Waals surface area contributed by atoms with Crippen LogP contribution in [0.25, 0.3) is 0 Å². The van der Waals surface area contributed by atoms with Gasteiger partial charge in [0, 0.05) is 18.0 Å². The summed E-state index contributed by atoms with van der Waals surface area (Å²) in [6.07, 6.45) is -4.27. The van der Waals surface area contributed by atoms with Crippen LogP contribution in [0.5, 0.6) is 5.75 Å². The predicted octanol–water partition coefficient (Wildman–Crippen LogP) is 2.83. The standard InChI is InChI=1S/C12H14ClF3N2O2/c1-17-5-4-11(19)18-9-6-8(13)2-3-10(9)20-7-12(14,15)16/h2-3,6,17H,4-5,7H2,1H3,(H,18,19). The summed E-state index contributed by atoms with van der Waals surface area (Å²) in [5, 5.41) is 5.54. The highest BCUT2D eigenvalue weighted by Gasteiger charge is 2.29. The Morgan fingerprint density at radius 3 is 2.70 bits per heavy atom. The minimum atomic E-state index is -4.45. The predicted molar refractivity (Wildman–Crippen MR) is 70.2 cm³/mol. The Labute approximate surface area is 119 Å². The highest BCUT2D eigenvalue weighted by atomic mass is 35.5. The van der Waals surface area contributed by atoms with Crippen LogP contribution in [0, 0.1) is 0 Å². The van der Waals surface area contributed by atoms with Gasteiger partial charge >= 0.3 is 6.18 Å². The van der Waals surface area contributed by atoms with E-state index in [4.69, 9.17) is 11.6 Å². The lowest BCUT2D eigenvalue weighted by atomic mass is 10.2. The topological polar surface area (TPSA) is 50.4 Å². The van der Waals surface area contributed by atoms with Gasteiger partial charge < -0.3 is 15.4 Å². The molecular weight excluding hydrogens is 297 g/mol. The Hall–Kier alpha value is -1.47. The summed E-state index contributed by atoms with van der Waals surface area (Å²) in [5.74, 6) is -0.428. The second-order valence-electron chi connectivity index (χ2n) is 3.95. The van der Waals surface area contributed by atoms with Crippen molar-refractivity contribution in [2.75, 3.05) is 25.5 Å². The van der Waals surface area contributed by atoms with Crippen LogP contribution >= 0.6 is 11.6 Å². The molecule has 0 aliphatic heterocycles. The van der Waals surface area contributed by atoms with Crippen LogP contribution in [0.3, 0.4) is 0 Å². The molecule has 0 saturated heterocycles. The number of amides is 1. The van der Waals surface area contributed by atoms with Crippen LogP contribution in [-0.4, -0.2) is 32.3 Å². The molecular formula is C12H14ClF3N2O2. The first-order valence-electron chi connectivity index (χ1n) is 5.75. The van der Waals surface area contributed by atoms with Crippen molar-refractivity contribution in [3.63, 3.8) is 0 Å². The summed E-state index contributed by atoms with van der Waals surface area (Å²) in [6.45, 7) is -0.987. The van der Waals surface area contributed by atoms with Crippen molar-refractivity contribution in [3.05, 3.63) is 23.2 Å². The Morgan fingerprint density at radius 1 is 1.40 bits per heavy atom. The van der Waals surface area contributed by atoms with E-state index in [0.29, 0.717) is 6.54 Å². The molecule has 4 nitrogen and oxygen atoms in total. The quantitative estimate of drug-likeness (QED) is 0.849. The monoisotopic (exact) mass is 310 g/mol. The lowest BCUT2D eigenvalue weighted by molar-refractivity contribution is -0.153. The molecule has 0 heterocycles. The van der Waals surface area contributed by atoms with Crippen molar-refractivity contribution >= 4 is 23.2 Å². The summed E-state index contributed by atoms with van der Waals surface area (Å²) >= 11 is 5.75. The van der Waals surface area contributed by atoms with Crippen molar-refractivity contribution < 1.29 is 22.7 Å². The van der Waals surface area contributed by atoms with Crippen LogP contribution in [0.1, 0.15) is 6.42 Å². The van der Waals surface area contributed by atoms with E-state index in [9.17, 15) is 18.0 Å². The van der Waals surface area contributed by atoms with Crippen LogP contribution in [-0.2, 0) is 4.79 Å². The first-order valence-corrected chi connectivity index (χ1v) is 6.13. The zero-order valence-electron chi connectivity index (χ0n) is 10.7. The van der Waals surface area contributed by atoms with Crippen molar-refractivity contribution in [3.8, 4) is 5.75 Å². The number of anilines is 1. The van der Waals surface area contributed by atoms with E-state index in [1.165, 1.54) is 18.2 Å². The molecule has 0 unspecified atom stereocenters. The van der Waals surface area contributed by atoms with E-state index in [2.05, 4.69) is 15.4 Å². The molecule has 8 heteroatoms. The van der Waals surface area contributed by atoms with Gasteiger partial charge in [0.15, 0.2) is 6.61 Å². The largest absolute Gasteiger partial charge is 0.482 e. The number of hydrogen-bond acceptors (Lipinski definition) is 3.